The molecular formula is C21H25N3O5. The van der Waals surface area contributed by atoms with Crippen LogP contribution < -0.4 is 10.1 Å². The lowest BCUT2D eigenvalue weighted by molar-refractivity contribution is -0.142. The number of furan rings is 1. The summed E-state index contributed by atoms with van der Waals surface area (Å²) in [6.45, 7) is 5.72. The minimum atomic E-state index is -0.364. The summed E-state index contributed by atoms with van der Waals surface area (Å²) in [5.41, 5.74) is 0.539. The predicted molar refractivity (Wildman–Crippen MR) is 107 cm³/mol. The number of piperazine rings is 1. The fourth-order valence-corrected chi connectivity index (χ4v) is 3.04. The maximum absolute atomic E-state index is 12.4. The molecule has 0 atom stereocenters. The van der Waals surface area contributed by atoms with E-state index < -0.39 is 0 Å². The first-order chi connectivity index (χ1) is 13.9. The van der Waals surface area contributed by atoms with Gasteiger partial charge in [-0.25, -0.2) is 0 Å². The number of anilines is 1. The molecule has 29 heavy (non-hydrogen) atoms. The molecule has 3 rings (SSSR count). The second-order valence-corrected chi connectivity index (χ2v) is 7.11. The summed E-state index contributed by atoms with van der Waals surface area (Å²) in [6.07, 6.45) is 1.43. The van der Waals surface area contributed by atoms with Crippen LogP contribution in [0.4, 0.5) is 5.69 Å². The molecule has 0 unspecified atom stereocenters. The lowest BCUT2D eigenvalue weighted by Gasteiger charge is -2.35. The maximum Gasteiger partial charge on any atom is 0.291 e. The van der Waals surface area contributed by atoms with Crippen molar-refractivity contribution >= 4 is 23.4 Å². The lowest BCUT2D eigenvalue weighted by atomic mass is 10.1. The van der Waals surface area contributed by atoms with Crippen molar-refractivity contribution in [1.29, 1.82) is 0 Å². The standard InChI is InChI=1S/C21H25N3O5/c1-15(2)21(27)24-10-8-23(9-11-24)19(25)14-29-17-6-3-5-16(13-17)22-20(26)18-7-4-12-28-18/h3-7,12-13,15H,8-11,14H2,1-2H3,(H,22,26). The highest BCUT2D eigenvalue weighted by Gasteiger charge is 2.25. The third kappa shape index (κ3) is 5.37. The molecule has 1 aromatic carbocycles. The van der Waals surface area contributed by atoms with Crippen LogP contribution >= 0.6 is 0 Å². The molecule has 1 aliphatic heterocycles. The number of hydrogen-bond donors (Lipinski definition) is 1. The predicted octanol–water partition coefficient (Wildman–Crippen LogP) is 2.24. The number of amides is 3. The summed E-state index contributed by atoms with van der Waals surface area (Å²) >= 11 is 0. The van der Waals surface area contributed by atoms with Crippen molar-refractivity contribution in [3.63, 3.8) is 0 Å². The van der Waals surface area contributed by atoms with E-state index in [2.05, 4.69) is 5.32 Å². The van der Waals surface area contributed by atoms with Crippen molar-refractivity contribution in [3.8, 4) is 5.75 Å². The molecule has 0 bridgehead atoms. The van der Waals surface area contributed by atoms with Crippen LogP contribution in [0.1, 0.15) is 24.4 Å². The second-order valence-electron chi connectivity index (χ2n) is 7.11. The van der Waals surface area contributed by atoms with Crippen molar-refractivity contribution in [3.05, 3.63) is 48.4 Å². The van der Waals surface area contributed by atoms with Gasteiger partial charge < -0.3 is 24.3 Å². The summed E-state index contributed by atoms with van der Waals surface area (Å²) in [4.78, 5) is 40.0. The largest absolute Gasteiger partial charge is 0.484 e. The molecule has 154 valence electrons. The van der Waals surface area contributed by atoms with Crippen LogP contribution in [0, 0.1) is 5.92 Å². The topological polar surface area (TPSA) is 92.1 Å². The van der Waals surface area contributed by atoms with E-state index in [1.54, 1.807) is 46.2 Å². The van der Waals surface area contributed by atoms with Gasteiger partial charge in [0.25, 0.3) is 11.8 Å². The first kappa shape index (κ1) is 20.4. The average Bonchev–Trinajstić information content (AvgIpc) is 3.27. The molecule has 1 aromatic heterocycles. The molecule has 0 saturated carbocycles. The fraction of sp³-hybridized carbons (Fsp3) is 0.381. The van der Waals surface area contributed by atoms with E-state index in [0.717, 1.165) is 0 Å². The molecule has 1 saturated heterocycles. The van der Waals surface area contributed by atoms with Gasteiger partial charge in [0.05, 0.1) is 6.26 Å². The Labute approximate surface area is 169 Å². The van der Waals surface area contributed by atoms with E-state index in [1.807, 2.05) is 13.8 Å². The van der Waals surface area contributed by atoms with Gasteiger partial charge in [-0.2, -0.15) is 0 Å². The van der Waals surface area contributed by atoms with Crippen molar-refractivity contribution in [2.45, 2.75) is 13.8 Å². The molecule has 0 spiro atoms. The number of ether oxygens (including phenoxy) is 1. The molecule has 8 heteroatoms. The number of carbonyl (C=O) groups excluding carboxylic acids is 3. The average molecular weight is 399 g/mol. The van der Waals surface area contributed by atoms with E-state index in [1.165, 1.54) is 6.26 Å². The molecule has 1 aliphatic rings. The van der Waals surface area contributed by atoms with Crippen LogP contribution in [-0.2, 0) is 9.59 Å². The molecular weight excluding hydrogens is 374 g/mol. The van der Waals surface area contributed by atoms with Crippen LogP contribution in [0.3, 0.4) is 0 Å². The first-order valence-electron chi connectivity index (χ1n) is 9.58. The van der Waals surface area contributed by atoms with Gasteiger partial charge in [0.2, 0.25) is 5.91 Å². The van der Waals surface area contributed by atoms with Crippen LogP contribution in [0.5, 0.6) is 5.75 Å². The maximum atomic E-state index is 12.4. The van der Waals surface area contributed by atoms with Crippen molar-refractivity contribution in [2.75, 3.05) is 38.1 Å². The molecule has 8 nitrogen and oxygen atoms in total. The fourth-order valence-electron chi connectivity index (χ4n) is 3.04. The normalized spacial score (nSPS) is 14.0. The van der Waals surface area contributed by atoms with Crippen molar-refractivity contribution < 1.29 is 23.5 Å². The zero-order chi connectivity index (χ0) is 20.8. The Balaban J connectivity index is 1.48. The number of hydrogen-bond acceptors (Lipinski definition) is 5. The molecule has 0 aliphatic carbocycles. The minimum Gasteiger partial charge on any atom is -0.484 e. The van der Waals surface area contributed by atoms with Gasteiger partial charge in [-0.3, -0.25) is 14.4 Å². The Bertz CT molecular complexity index is 855. The number of nitrogens with one attached hydrogen (secondary N) is 1. The van der Waals surface area contributed by atoms with Crippen molar-refractivity contribution in [1.82, 2.24) is 9.80 Å². The number of rotatable bonds is 6. The number of nitrogens with zero attached hydrogens (tertiary/aromatic N) is 2. The summed E-state index contributed by atoms with van der Waals surface area (Å²) < 4.78 is 10.7. The van der Waals surface area contributed by atoms with Gasteiger partial charge in [-0.05, 0) is 24.3 Å². The molecule has 2 aromatic rings. The van der Waals surface area contributed by atoms with E-state index in [9.17, 15) is 14.4 Å². The quantitative estimate of drug-likeness (QED) is 0.804. The van der Waals surface area contributed by atoms with Gasteiger partial charge in [-0.1, -0.05) is 19.9 Å². The molecule has 1 N–H and O–H groups in total. The Morgan fingerprint density at radius 2 is 1.79 bits per heavy atom. The lowest BCUT2D eigenvalue weighted by Crippen LogP contribution is -2.52. The van der Waals surface area contributed by atoms with Crippen LogP contribution in [-0.4, -0.2) is 60.3 Å². The third-order valence-electron chi connectivity index (χ3n) is 4.64. The van der Waals surface area contributed by atoms with Crippen LogP contribution in [0.25, 0.3) is 0 Å². The molecule has 2 heterocycles. The van der Waals surface area contributed by atoms with Crippen LogP contribution in [0.15, 0.2) is 47.1 Å². The van der Waals surface area contributed by atoms with Crippen molar-refractivity contribution in [2.24, 2.45) is 5.92 Å². The number of carbonyl (C=O) groups is 3. The zero-order valence-corrected chi connectivity index (χ0v) is 16.6. The Morgan fingerprint density at radius 3 is 2.45 bits per heavy atom. The monoisotopic (exact) mass is 399 g/mol. The number of benzene rings is 1. The minimum absolute atomic E-state index is 0.0406. The van der Waals surface area contributed by atoms with E-state index >= 15 is 0 Å². The summed E-state index contributed by atoms with van der Waals surface area (Å²) in [5.74, 6) is 0.261. The third-order valence-corrected chi connectivity index (χ3v) is 4.64. The highest BCUT2D eigenvalue weighted by molar-refractivity contribution is 6.02. The molecule has 0 radical (unpaired) electrons. The first-order valence-corrected chi connectivity index (χ1v) is 9.58. The summed E-state index contributed by atoms with van der Waals surface area (Å²) in [7, 11) is 0. The Kier molecular flexibility index (Phi) is 6.54. The van der Waals surface area contributed by atoms with E-state index in [0.29, 0.717) is 37.6 Å². The highest BCUT2D eigenvalue weighted by Crippen LogP contribution is 2.18. The molecule has 3 amide bonds. The van der Waals surface area contributed by atoms with Gasteiger partial charge in [-0.15, -0.1) is 0 Å². The van der Waals surface area contributed by atoms with E-state index in [-0.39, 0.29) is 36.0 Å². The SMILES string of the molecule is CC(C)C(=O)N1CCN(C(=O)COc2cccc(NC(=O)c3ccco3)c2)CC1. The van der Waals surface area contributed by atoms with Gasteiger partial charge in [0, 0.05) is 43.9 Å². The smallest absolute Gasteiger partial charge is 0.291 e. The van der Waals surface area contributed by atoms with E-state index in [4.69, 9.17) is 9.15 Å². The summed E-state index contributed by atoms with van der Waals surface area (Å²) in [6, 6.07) is 10.0. The summed E-state index contributed by atoms with van der Waals surface area (Å²) in [5, 5.41) is 2.71. The molecule has 1 fully saturated rings. The van der Waals surface area contributed by atoms with Gasteiger partial charge in [0.1, 0.15) is 5.75 Å². The second kappa shape index (κ2) is 9.27. The Hall–Kier alpha value is -3.29. The zero-order valence-electron chi connectivity index (χ0n) is 16.6. The van der Waals surface area contributed by atoms with Crippen LogP contribution in [0.2, 0.25) is 0 Å². The van der Waals surface area contributed by atoms with Gasteiger partial charge >= 0.3 is 0 Å². The highest BCUT2D eigenvalue weighted by atomic mass is 16.5. The van der Waals surface area contributed by atoms with Gasteiger partial charge in [0.15, 0.2) is 12.4 Å². The Morgan fingerprint density at radius 1 is 1.07 bits per heavy atom.